The Morgan fingerprint density at radius 3 is 2.49 bits per heavy atom. The molecule has 3 aromatic rings. The highest BCUT2D eigenvalue weighted by atomic mass is 32.2. The van der Waals surface area contributed by atoms with E-state index in [0.29, 0.717) is 10.7 Å². The minimum Gasteiger partial charge on any atom is -0.450 e. The number of rotatable bonds is 5. The van der Waals surface area contributed by atoms with Gasteiger partial charge in [-0.25, -0.2) is 18.2 Å². The molecule has 11 heteroatoms. The quantitative estimate of drug-likeness (QED) is 0.439. The molecule has 0 spiro atoms. The molecular formula is C24H24N4O5S2. The number of thiazole rings is 1. The molecule has 0 unspecified atom stereocenters. The van der Waals surface area contributed by atoms with Gasteiger partial charge in [0.15, 0.2) is 5.13 Å². The number of ether oxygens (including phenoxy) is 1. The molecule has 9 nitrogen and oxygen atoms in total. The molecule has 1 aromatic heterocycles. The first-order chi connectivity index (χ1) is 16.9. The van der Waals surface area contributed by atoms with E-state index in [2.05, 4.69) is 16.4 Å². The van der Waals surface area contributed by atoms with Crippen molar-refractivity contribution in [2.75, 3.05) is 38.1 Å². The van der Waals surface area contributed by atoms with Crippen molar-refractivity contribution in [3.63, 3.8) is 0 Å². The van der Waals surface area contributed by atoms with Gasteiger partial charge in [0.1, 0.15) is 0 Å². The summed E-state index contributed by atoms with van der Waals surface area (Å²) in [6.45, 7) is 2.89. The fourth-order valence-electron chi connectivity index (χ4n) is 4.24. The number of fused-ring (bicyclic) bond motifs is 3. The molecule has 1 fully saturated rings. The van der Waals surface area contributed by atoms with E-state index >= 15 is 0 Å². The molecule has 2 aromatic carbocycles. The second kappa shape index (κ2) is 9.40. The maximum Gasteiger partial charge on any atom is 0.409 e. The average molecular weight is 513 g/mol. The Kier molecular flexibility index (Phi) is 6.30. The van der Waals surface area contributed by atoms with Gasteiger partial charge in [-0.1, -0.05) is 24.3 Å². The zero-order chi connectivity index (χ0) is 24.6. The van der Waals surface area contributed by atoms with Crippen LogP contribution < -0.4 is 5.32 Å². The molecule has 2 aliphatic rings. The normalized spacial score (nSPS) is 15.4. The highest BCUT2D eigenvalue weighted by Gasteiger charge is 2.31. The summed E-state index contributed by atoms with van der Waals surface area (Å²) in [5, 5.41) is 3.34. The van der Waals surface area contributed by atoms with Gasteiger partial charge >= 0.3 is 6.09 Å². The highest BCUT2D eigenvalue weighted by molar-refractivity contribution is 7.89. The number of nitrogens with zero attached hydrogens (tertiary/aromatic N) is 3. The van der Waals surface area contributed by atoms with E-state index in [-0.39, 0.29) is 43.6 Å². The SMILES string of the molecule is CCOC(=O)N1CCN(S(=O)(=O)c2ccc(C(=O)Nc3nc4c(s3)Cc3ccccc3-4)cc2)CC1. The van der Waals surface area contributed by atoms with E-state index in [0.717, 1.165) is 22.6 Å². The molecule has 0 bridgehead atoms. The second-order valence-electron chi connectivity index (χ2n) is 8.19. The molecule has 0 saturated carbocycles. The Morgan fingerprint density at radius 1 is 1.06 bits per heavy atom. The van der Waals surface area contributed by atoms with Gasteiger partial charge in [-0.3, -0.25) is 10.1 Å². The Labute approximate surface area is 207 Å². The minimum absolute atomic E-state index is 0.100. The molecule has 1 aliphatic heterocycles. The van der Waals surface area contributed by atoms with Crippen molar-refractivity contribution in [2.24, 2.45) is 0 Å². The van der Waals surface area contributed by atoms with Crippen LogP contribution in [0, 0.1) is 0 Å². The van der Waals surface area contributed by atoms with Crippen LogP contribution >= 0.6 is 11.3 Å². The Bertz CT molecular complexity index is 1380. The van der Waals surface area contributed by atoms with E-state index in [1.54, 1.807) is 6.92 Å². The third kappa shape index (κ3) is 4.54. The van der Waals surface area contributed by atoms with Crippen LogP contribution in [-0.2, 0) is 21.2 Å². The standard InChI is InChI=1S/C24H24N4O5S2/c1-2-33-24(30)27-11-13-28(14-12-27)35(31,32)18-9-7-16(8-10-18)22(29)26-23-25-21-19-6-4-3-5-17(19)15-20(21)34-23/h3-10H,2,11-15H2,1H3,(H,25,26,29). The van der Waals surface area contributed by atoms with Crippen LogP contribution in [0.4, 0.5) is 9.93 Å². The fourth-order valence-corrected chi connectivity index (χ4v) is 6.65. The molecule has 35 heavy (non-hydrogen) atoms. The van der Waals surface area contributed by atoms with Crippen LogP contribution in [0.15, 0.2) is 53.4 Å². The third-order valence-electron chi connectivity index (χ3n) is 6.06. The molecule has 2 heterocycles. The molecule has 2 amide bonds. The number of nitrogens with one attached hydrogen (secondary N) is 1. The summed E-state index contributed by atoms with van der Waals surface area (Å²) in [6, 6.07) is 13.9. The number of benzene rings is 2. The first-order valence-corrected chi connectivity index (χ1v) is 13.5. The summed E-state index contributed by atoms with van der Waals surface area (Å²) in [7, 11) is -3.74. The number of anilines is 1. The first-order valence-electron chi connectivity index (χ1n) is 11.3. The first kappa shape index (κ1) is 23.5. The van der Waals surface area contributed by atoms with E-state index in [4.69, 9.17) is 4.74 Å². The van der Waals surface area contributed by atoms with Gasteiger partial charge in [-0.05, 0) is 36.8 Å². The van der Waals surface area contributed by atoms with Crippen LogP contribution in [0.5, 0.6) is 0 Å². The summed E-state index contributed by atoms with van der Waals surface area (Å²) in [4.78, 5) is 31.9. The summed E-state index contributed by atoms with van der Waals surface area (Å²) in [5.74, 6) is -0.349. The van der Waals surface area contributed by atoms with Gasteiger partial charge in [0.25, 0.3) is 5.91 Å². The highest BCUT2D eigenvalue weighted by Crippen LogP contribution is 2.40. The second-order valence-corrected chi connectivity index (χ2v) is 11.2. The molecular weight excluding hydrogens is 488 g/mol. The van der Waals surface area contributed by atoms with Crippen LogP contribution in [0.3, 0.4) is 0 Å². The Hall–Kier alpha value is -3.28. The van der Waals surface area contributed by atoms with Gasteiger partial charge in [0.05, 0.1) is 17.2 Å². The Balaban J connectivity index is 1.23. The van der Waals surface area contributed by atoms with Crippen molar-refractivity contribution in [1.29, 1.82) is 0 Å². The molecule has 1 saturated heterocycles. The Morgan fingerprint density at radius 2 is 1.77 bits per heavy atom. The third-order valence-corrected chi connectivity index (χ3v) is 8.94. The molecule has 182 valence electrons. The number of hydrogen-bond acceptors (Lipinski definition) is 7. The van der Waals surface area contributed by atoms with Crippen LogP contribution in [0.1, 0.15) is 27.7 Å². The minimum atomic E-state index is -3.74. The lowest BCUT2D eigenvalue weighted by Gasteiger charge is -2.33. The summed E-state index contributed by atoms with van der Waals surface area (Å²) >= 11 is 1.45. The predicted molar refractivity (Wildman–Crippen MR) is 132 cm³/mol. The lowest BCUT2D eigenvalue weighted by atomic mass is 10.1. The van der Waals surface area contributed by atoms with E-state index in [1.807, 2.05) is 18.2 Å². The maximum absolute atomic E-state index is 13.0. The zero-order valence-corrected chi connectivity index (χ0v) is 20.7. The van der Waals surface area contributed by atoms with Crippen molar-refractivity contribution in [3.05, 3.63) is 64.5 Å². The molecule has 5 rings (SSSR count). The van der Waals surface area contributed by atoms with Crippen LogP contribution in [0.2, 0.25) is 0 Å². The average Bonchev–Trinajstić information content (AvgIpc) is 3.41. The number of hydrogen-bond donors (Lipinski definition) is 1. The largest absolute Gasteiger partial charge is 0.450 e. The fraction of sp³-hybridized carbons (Fsp3) is 0.292. The van der Waals surface area contributed by atoms with Crippen LogP contribution in [-0.4, -0.2) is 67.4 Å². The zero-order valence-electron chi connectivity index (χ0n) is 19.1. The van der Waals surface area contributed by atoms with Crippen LogP contribution in [0.25, 0.3) is 11.3 Å². The van der Waals surface area contributed by atoms with Crippen molar-refractivity contribution in [2.45, 2.75) is 18.2 Å². The number of carbonyl (C=O) groups excluding carboxylic acids is 2. The lowest BCUT2D eigenvalue weighted by molar-refractivity contribution is 0.0933. The van der Waals surface area contributed by atoms with Crippen molar-refractivity contribution in [1.82, 2.24) is 14.2 Å². The predicted octanol–water partition coefficient (Wildman–Crippen LogP) is 3.43. The number of carbonyl (C=O) groups is 2. The topological polar surface area (TPSA) is 109 Å². The van der Waals surface area contributed by atoms with Gasteiger partial charge in [0, 0.05) is 48.6 Å². The molecule has 1 N–H and O–H groups in total. The van der Waals surface area contributed by atoms with Gasteiger partial charge in [-0.2, -0.15) is 4.31 Å². The van der Waals surface area contributed by atoms with Crippen molar-refractivity contribution < 1.29 is 22.7 Å². The van der Waals surface area contributed by atoms with Gasteiger partial charge in [0.2, 0.25) is 10.0 Å². The van der Waals surface area contributed by atoms with Crippen molar-refractivity contribution >= 4 is 38.5 Å². The number of aromatic nitrogens is 1. The van der Waals surface area contributed by atoms with Crippen molar-refractivity contribution in [3.8, 4) is 11.3 Å². The summed E-state index contributed by atoms with van der Waals surface area (Å²) in [5.41, 5.74) is 3.58. The van der Waals surface area contributed by atoms with Gasteiger partial charge in [-0.15, -0.1) is 11.3 Å². The lowest BCUT2D eigenvalue weighted by Crippen LogP contribution is -2.50. The smallest absolute Gasteiger partial charge is 0.409 e. The van der Waals surface area contributed by atoms with Gasteiger partial charge < -0.3 is 9.64 Å². The number of piperazine rings is 1. The van der Waals surface area contributed by atoms with E-state index < -0.39 is 16.1 Å². The maximum atomic E-state index is 13.0. The molecule has 0 atom stereocenters. The van der Waals surface area contributed by atoms with E-state index in [1.165, 1.54) is 50.4 Å². The summed E-state index contributed by atoms with van der Waals surface area (Å²) in [6.07, 6.45) is 0.370. The number of amides is 2. The number of sulfonamides is 1. The monoisotopic (exact) mass is 512 g/mol. The van der Waals surface area contributed by atoms with E-state index in [9.17, 15) is 18.0 Å². The molecule has 1 aliphatic carbocycles. The molecule has 0 radical (unpaired) electrons. The summed E-state index contributed by atoms with van der Waals surface area (Å²) < 4.78 is 32.4.